The summed E-state index contributed by atoms with van der Waals surface area (Å²) >= 11 is 0. The second-order valence-electron chi connectivity index (χ2n) is 11.7. The molecule has 1 unspecified atom stereocenters. The van der Waals surface area contributed by atoms with E-state index in [-0.39, 0.29) is 18.3 Å². The van der Waals surface area contributed by atoms with Crippen LogP contribution in [0.4, 0.5) is 4.79 Å². The van der Waals surface area contributed by atoms with Crippen molar-refractivity contribution in [3.8, 4) is 0 Å². The normalized spacial score (nSPS) is 21.3. The number of nitrogens with zero attached hydrogens (tertiary/aromatic N) is 1. The number of nitrogens with one attached hydrogen (secondary N) is 4. The fraction of sp³-hybridized carbons (Fsp3) is 0.800. The summed E-state index contributed by atoms with van der Waals surface area (Å²) in [6, 6.07) is -1.39. The number of hydrogen-bond acceptors (Lipinski definition) is 7. The summed E-state index contributed by atoms with van der Waals surface area (Å²) in [5.41, 5.74) is -0.897. The fourth-order valence-corrected chi connectivity index (χ4v) is 6.37. The zero-order valence-corrected chi connectivity index (χ0v) is 23.4. The fourth-order valence-electron chi connectivity index (χ4n) is 4.85. The van der Waals surface area contributed by atoms with Crippen LogP contribution in [-0.4, -0.2) is 90.6 Å². The van der Waals surface area contributed by atoms with Crippen molar-refractivity contribution >= 4 is 39.4 Å². The summed E-state index contributed by atoms with van der Waals surface area (Å²) in [5, 5.41) is 10.4. The molecule has 1 heterocycles. The summed E-state index contributed by atoms with van der Waals surface area (Å²) in [5.74, 6) is -2.63. The van der Waals surface area contributed by atoms with Crippen molar-refractivity contribution in [1.82, 2.24) is 26.2 Å². The molecular formula is C25H41N5O7S. The van der Waals surface area contributed by atoms with Crippen LogP contribution in [0, 0.1) is 0 Å². The summed E-state index contributed by atoms with van der Waals surface area (Å²) in [7, 11) is -3.49. The SMILES string of the molecule is CC(C)(C)S(=O)(=O)CC1(NC(=O)NCC(=O)N2CCCC2C(=O)NCC(=O)C(=O)NC2CC2)CCCCC1. The summed E-state index contributed by atoms with van der Waals surface area (Å²) < 4.78 is 24.9. The molecule has 3 rings (SSSR count). The highest BCUT2D eigenvalue weighted by Crippen LogP contribution is 2.32. The molecule has 1 atom stereocenters. The van der Waals surface area contributed by atoms with Gasteiger partial charge in [0.2, 0.25) is 17.6 Å². The smallest absolute Gasteiger partial charge is 0.315 e. The van der Waals surface area contributed by atoms with E-state index in [2.05, 4.69) is 21.3 Å². The van der Waals surface area contributed by atoms with Gasteiger partial charge in [0.05, 0.1) is 29.1 Å². The van der Waals surface area contributed by atoms with Crippen molar-refractivity contribution in [3.63, 3.8) is 0 Å². The Bertz CT molecular complexity index is 1040. The van der Waals surface area contributed by atoms with E-state index in [9.17, 15) is 32.4 Å². The van der Waals surface area contributed by atoms with Crippen LogP contribution in [0.15, 0.2) is 0 Å². The molecule has 0 radical (unpaired) electrons. The first-order valence-electron chi connectivity index (χ1n) is 13.4. The van der Waals surface area contributed by atoms with Crippen LogP contribution in [0.2, 0.25) is 0 Å². The van der Waals surface area contributed by atoms with Crippen molar-refractivity contribution < 1.29 is 32.4 Å². The molecule has 0 spiro atoms. The zero-order valence-electron chi connectivity index (χ0n) is 22.6. The van der Waals surface area contributed by atoms with E-state index in [4.69, 9.17) is 0 Å². The number of hydrogen-bond donors (Lipinski definition) is 4. The lowest BCUT2D eigenvalue weighted by atomic mass is 9.83. The molecule has 3 aliphatic rings. The molecule has 4 N–H and O–H groups in total. The molecule has 0 bridgehead atoms. The molecule has 0 aromatic heterocycles. The molecular weight excluding hydrogens is 514 g/mol. The molecule has 13 heteroatoms. The van der Waals surface area contributed by atoms with Crippen LogP contribution in [0.3, 0.4) is 0 Å². The Balaban J connectivity index is 1.51. The van der Waals surface area contributed by atoms with Gasteiger partial charge in [0.15, 0.2) is 9.84 Å². The van der Waals surface area contributed by atoms with Crippen LogP contribution in [0.5, 0.6) is 0 Å². The van der Waals surface area contributed by atoms with Gasteiger partial charge in [0.1, 0.15) is 6.04 Å². The Morgan fingerprint density at radius 2 is 1.55 bits per heavy atom. The molecule has 0 aromatic carbocycles. The number of amides is 5. The van der Waals surface area contributed by atoms with E-state index in [1.54, 1.807) is 20.8 Å². The monoisotopic (exact) mass is 555 g/mol. The predicted molar refractivity (Wildman–Crippen MR) is 140 cm³/mol. The Hall–Kier alpha value is -2.70. The average Bonchev–Trinajstić information content (AvgIpc) is 3.51. The highest BCUT2D eigenvalue weighted by molar-refractivity contribution is 7.92. The maximum Gasteiger partial charge on any atom is 0.315 e. The van der Waals surface area contributed by atoms with E-state index in [1.807, 2.05) is 0 Å². The number of urea groups is 1. The first-order chi connectivity index (χ1) is 17.7. The molecule has 2 saturated carbocycles. The molecule has 0 aromatic rings. The van der Waals surface area contributed by atoms with E-state index >= 15 is 0 Å². The number of rotatable bonds is 10. The van der Waals surface area contributed by atoms with Crippen LogP contribution in [0.1, 0.15) is 78.6 Å². The van der Waals surface area contributed by atoms with E-state index < -0.39 is 62.2 Å². The quantitative estimate of drug-likeness (QED) is 0.278. The Morgan fingerprint density at radius 1 is 0.895 bits per heavy atom. The van der Waals surface area contributed by atoms with Crippen LogP contribution < -0.4 is 21.3 Å². The average molecular weight is 556 g/mol. The molecule has 1 aliphatic heterocycles. The molecule has 2 aliphatic carbocycles. The Labute approximate surface area is 224 Å². The highest BCUT2D eigenvalue weighted by atomic mass is 32.2. The summed E-state index contributed by atoms with van der Waals surface area (Å²) in [6.45, 7) is 4.43. The van der Waals surface area contributed by atoms with Crippen molar-refractivity contribution in [2.45, 2.75) is 101 Å². The number of ketones is 1. The third kappa shape index (κ3) is 7.90. The van der Waals surface area contributed by atoms with E-state index in [1.165, 1.54) is 4.90 Å². The van der Waals surface area contributed by atoms with E-state index in [0.717, 1.165) is 32.1 Å². The predicted octanol–water partition coefficient (Wildman–Crippen LogP) is 0.157. The minimum absolute atomic E-state index is 0.0330. The lowest BCUT2D eigenvalue weighted by molar-refractivity contribution is -0.140. The molecule has 38 heavy (non-hydrogen) atoms. The van der Waals surface area contributed by atoms with Gasteiger partial charge in [-0.2, -0.15) is 0 Å². The molecule has 12 nitrogen and oxygen atoms in total. The van der Waals surface area contributed by atoms with Crippen molar-refractivity contribution in [2.75, 3.05) is 25.4 Å². The Kier molecular flexibility index (Phi) is 9.43. The van der Waals surface area contributed by atoms with Gasteiger partial charge < -0.3 is 26.2 Å². The van der Waals surface area contributed by atoms with Gasteiger partial charge in [-0.3, -0.25) is 19.2 Å². The standard InChI is InChI=1S/C25H41N5O7S/c1-24(2,3)38(36,37)16-25(11-5-4-6-12-25)29-23(35)27-15-20(32)30-13-7-8-18(30)21(33)26-14-19(31)22(34)28-17-9-10-17/h17-18H,4-16H2,1-3H3,(H,26,33)(H,28,34)(H2,27,29,35). The van der Waals surface area contributed by atoms with Gasteiger partial charge in [-0.15, -0.1) is 0 Å². The first kappa shape index (κ1) is 29.9. The third-order valence-electron chi connectivity index (χ3n) is 7.45. The second-order valence-corrected chi connectivity index (χ2v) is 14.4. The van der Waals surface area contributed by atoms with Crippen LogP contribution in [0.25, 0.3) is 0 Å². The summed E-state index contributed by atoms with van der Waals surface area (Å²) in [6.07, 6.45) is 6.31. The minimum atomic E-state index is -3.49. The lowest BCUT2D eigenvalue weighted by Gasteiger charge is -2.39. The van der Waals surface area contributed by atoms with Gasteiger partial charge in [-0.1, -0.05) is 19.3 Å². The maximum absolute atomic E-state index is 12.9. The van der Waals surface area contributed by atoms with Gasteiger partial charge in [0, 0.05) is 12.6 Å². The largest absolute Gasteiger partial charge is 0.347 e. The molecule has 1 saturated heterocycles. The Morgan fingerprint density at radius 3 is 2.16 bits per heavy atom. The number of likely N-dealkylation sites (tertiary alicyclic amines) is 1. The third-order valence-corrected chi connectivity index (χ3v) is 10.3. The van der Waals surface area contributed by atoms with Gasteiger partial charge in [-0.05, 0) is 59.3 Å². The summed E-state index contributed by atoms with van der Waals surface area (Å²) in [4.78, 5) is 63.3. The topological polar surface area (TPSA) is 171 Å². The van der Waals surface area contributed by atoms with E-state index in [0.29, 0.717) is 32.2 Å². The number of sulfone groups is 1. The van der Waals surface area contributed by atoms with Crippen molar-refractivity contribution in [3.05, 3.63) is 0 Å². The number of Topliss-reactive ketones (excluding diaryl/α,β-unsaturated/α-hetero) is 1. The molecule has 5 amide bonds. The van der Waals surface area contributed by atoms with Crippen molar-refractivity contribution in [2.24, 2.45) is 0 Å². The molecule has 214 valence electrons. The van der Waals surface area contributed by atoms with Gasteiger partial charge in [-0.25, -0.2) is 13.2 Å². The number of carbonyl (C=O) groups is 5. The maximum atomic E-state index is 12.9. The van der Waals surface area contributed by atoms with Crippen LogP contribution >= 0.6 is 0 Å². The molecule has 3 fully saturated rings. The van der Waals surface area contributed by atoms with Gasteiger partial charge in [0.25, 0.3) is 5.91 Å². The van der Waals surface area contributed by atoms with Crippen molar-refractivity contribution in [1.29, 1.82) is 0 Å². The van der Waals surface area contributed by atoms with Gasteiger partial charge >= 0.3 is 6.03 Å². The second kappa shape index (κ2) is 12.0. The minimum Gasteiger partial charge on any atom is -0.347 e. The first-order valence-corrected chi connectivity index (χ1v) is 15.1. The number of carbonyl (C=O) groups excluding carboxylic acids is 5. The lowest BCUT2D eigenvalue weighted by Crippen LogP contribution is -2.59. The highest BCUT2D eigenvalue weighted by Gasteiger charge is 2.42. The zero-order chi connectivity index (χ0) is 28.1. The van der Waals surface area contributed by atoms with Crippen LogP contribution in [-0.2, 0) is 29.0 Å².